The predicted molar refractivity (Wildman–Crippen MR) is 110 cm³/mol. The first-order valence-electron chi connectivity index (χ1n) is 9.15. The minimum atomic E-state index is -0.284. The number of hydrogen-bond acceptors (Lipinski definition) is 5. The number of rotatable bonds is 4. The third-order valence-electron chi connectivity index (χ3n) is 4.88. The second-order valence-electron chi connectivity index (χ2n) is 6.93. The summed E-state index contributed by atoms with van der Waals surface area (Å²) in [6.45, 7) is 3.98. The number of hydrogen-bond donors (Lipinski definition) is 3. The van der Waals surface area contributed by atoms with Crippen molar-refractivity contribution in [2.45, 2.75) is 25.7 Å². The normalized spacial score (nSPS) is 14.5. The summed E-state index contributed by atoms with van der Waals surface area (Å²) < 4.78 is 1.62. The fourth-order valence-electron chi connectivity index (χ4n) is 3.25. The number of amides is 1. The molecule has 4 rings (SSSR count). The van der Waals surface area contributed by atoms with Crippen LogP contribution in [0.1, 0.15) is 40.6 Å². The average molecular weight is 402 g/mol. The lowest BCUT2D eigenvalue weighted by Crippen LogP contribution is -2.27. The molecule has 0 atom stereocenters. The van der Waals surface area contributed by atoms with Gasteiger partial charge in [0.05, 0.1) is 5.69 Å². The molecule has 1 fully saturated rings. The molecule has 1 saturated heterocycles. The number of nitrogens with one attached hydrogen (secondary N) is 3. The van der Waals surface area contributed by atoms with Crippen LogP contribution in [0.4, 0.5) is 5.95 Å². The molecular formula is C19H24ClN7O. The highest BCUT2D eigenvalue weighted by molar-refractivity contribution is 6.02. The Morgan fingerprint density at radius 2 is 1.93 bits per heavy atom. The van der Waals surface area contributed by atoms with Crippen LogP contribution in [0.25, 0.3) is 11.3 Å². The van der Waals surface area contributed by atoms with E-state index >= 15 is 0 Å². The molecule has 28 heavy (non-hydrogen) atoms. The van der Waals surface area contributed by atoms with Crippen molar-refractivity contribution in [1.82, 2.24) is 30.3 Å². The van der Waals surface area contributed by atoms with Crippen LogP contribution >= 0.6 is 12.4 Å². The van der Waals surface area contributed by atoms with E-state index in [4.69, 9.17) is 0 Å². The van der Waals surface area contributed by atoms with Gasteiger partial charge < -0.3 is 5.32 Å². The largest absolute Gasteiger partial charge is 0.317 e. The number of carbonyl (C=O) groups is 1. The van der Waals surface area contributed by atoms with Crippen LogP contribution in [0.5, 0.6) is 0 Å². The molecule has 3 aromatic rings. The van der Waals surface area contributed by atoms with Crippen molar-refractivity contribution in [3.05, 3.63) is 47.4 Å². The van der Waals surface area contributed by atoms with Gasteiger partial charge in [-0.15, -0.1) is 12.4 Å². The molecule has 1 aliphatic rings. The second-order valence-corrected chi connectivity index (χ2v) is 6.93. The van der Waals surface area contributed by atoms with Crippen LogP contribution in [0.15, 0.2) is 30.3 Å². The SMILES string of the molecule is Cc1ccc(-c2cc(C(=O)Nc3nc(C4CCNCC4)nn3C)[nH]n2)cc1.Cl. The highest BCUT2D eigenvalue weighted by Gasteiger charge is 2.22. The maximum atomic E-state index is 12.6. The lowest BCUT2D eigenvalue weighted by molar-refractivity contribution is 0.102. The van der Waals surface area contributed by atoms with E-state index in [1.165, 1.54) is 5.56 Å². The first-order valence-corrected chi connectivity index (χ1v) is 9.15. The van der Waals surface area contributed by atoms with E-state index in [1.54, 1.807) is 17.8 Å². The number of benzene rings is 1. The van der Waals surface area contributed by atoms with Crippen LogP contribution < -0.4 is 10.6 Å². The van der Waals surface area contributed by atoms with Gasteiger partial charge in [0.1, 0.15) is 5.69 Å². The molecule has 8 nitrogen and oxygen atoms in total. The van der Waals surface area contributed by atoms with Gasteiger partial charge in [-0.3, -0.25) is 15.2 Å². The molecule has 0 aliphatic carbocycles. The molecule has 1 aliphatic heterocycles. The van der Waals surface area contributed by atoms with Crippen molar-refractivity contribution in [2.24, 2.45) is 7.05 Å². The van der Waals surface area contributed by atoms with Crippen molar-refractivity contribution in [2.75, 3.05) is 18.4 Å². The van der Waals surface area contributed by atoms with E-state index in [-0.39, 0.29) is 18.3 Å². The van der Waals surface area contributed by atoms with E-state index in [1.807, 2.05) is 31.2 Å². The highest BCUT2D eigenvalue weighted by atomic mass is 35.5. The zero-order valence-corrected chi connectivity index (χ0v) is 16.7. The number of nitrogens with zero attached hydrogens (tertiary/aromatic N) is 4. The third-order valence-corrected chi connectivity index (χ3v) is 4.88. The monoisotopic (exact) mass is 401 g/mol. The van der Waals surface area contributed by atoms with Crippen molar-refractivity contribution < 1.29 is 4.79 Å². The number of aromatic nitrogens is 5. The average Bonchev–Trinajstić information content (AvgIpc) is 3.31. The van der Waals surface area contributed by atoms with Crippen molar-refractivity contribution in [3.8, 4) is 11.3 Å². The summed E-state index contributed by atoms with van der Waals surface area (Å²) in [5, 5.41) is 17.7. The Balaban J connectivity index is 0.00000225. The standard InChI is InChI=1S/C19H23N7O.ClH/c1-12-3-5-13(6-4-12)15-11-16(24-23-15)18(27)22-19-21-17(25-26(19)2)14-7-9-20-10-8-14;/h3-6,11,14,20H,7-10H2,1-2H3,(H,23,24)(H,21,22,25,27);1H. The van der Waals surface area contributed by atoms with Crippen LogP contribution in [0.2, 0.25) is 0 Å². The first-order chi connectivity index (χ1) is 13.1. The van der Waals surface area contributed by atoms with Gasteiger partial charge in [0.25, 0.3) is 5.91 Å². The fraction of sp³-hybridized carbons (Fsp3) is 0.368. The summed E-state index contributed by atoms with van der Waals surface area (Å²) in [7, 11) is 1.79. The third kappa shape index (κ3) is 4.23. The van der Waals surface area contributed by atoms with Crippen LogP contribution in [0, 0.1) is 6.92 Å². The Bertz CT molecular complexity index is 942. The summed E-state index contributed by atoms with van der Waals surface area (Å²) in [4.78, 5) is 17.1. The summed E-state index contributed by atoms with van der Waals surface area (Å²) in [5.74, 6) is 1.29. The van der Waals surface area contributed by atoms with Crippen LogP contribution in [-0.2, 0) is 7.05 Å². The maximum absolute atomic E-state index is 12.6. The van der Waals surface area contributed by atoms with Gasteiger partial charge in [-0.05, 0) is 38.9 Å². The number of aryl methyl sites for hydroxylation is 2. The van der Waals surface area contributed by atoms with E-state index in [2.05, 4.69) is 30.9 Å². The van der Waals surface area contributed by atoms with Crippen LogP contribution in [0.3, 0.4) is 0 Å². The number of aromatic amines is 1. The number of carbonyl (C=O) groups excluding carboxylic acids is 1. The number of halogens is 1. The topological polar surface area (TPSA) is 101 Å². The Labute approximate surface area is 169 Å². The molecule has 0 spiro atoms. The molecule has 0 unspecified atom stereocenters. The smallest absolute Gasteiger partial charge is 0.276 e. The Kier molecular flexibility index (Phi) is 6.11. The molecule has 3 N–H and O–H groups in total. The van der Waals surface area contributed by atoms with Gasteiger partial charge in [-0.2, -0.15) is 15.2 Å². The van der Waals surface area contributed by atoms with E-state index in [9.17, 15) is 4.79 Å². The van der Waals surface area contributed by atoms with E-state index in [0.717, 1.165) is 43.0 Å². The molecule has 9 heteroatoms. The van der Waals surface area contributed by atoms with Gasteiger partial charge in [0, 0.05) is 18.5 Å². The summed E-state index contributed by atoms with van der Waals surface area (Å²) in [6, 6.07) is 9.75. The summed E-state index contributed by atoms with van der Waals surface area (Å²) in [6.07, 6.45) is 2.02. The Morgan fingerprint density at radius 1 is 1.21 bits per heavy atom. The zero-order valence-electron chi connectivity index (χ0n) is 15.9. The molecule has 0 bridgehead atoms. The number of piperidine rings is 1. The minimum Gasteiger partial charge on any atom is -0.317 e. The minimum absolute atomic E-state index is 0. The maximum Gasteiger partial charge on any atom is 0.276 e. The van der Waals surface area contributed by atoms with Crippen LogP contribution in [-0.4, -0.2) is 44.0 Å². The molecule has 1 amide bonds. The molecular weight excluding hydrogens is 378 g/mol. The number of H-pyrrole nitrogens is 1. The van der Waals surface area contributed by atoms with Gasteiger partial charge >= 0.3 is 0 Å². The lowest BCUT2D eigenvalue weighted by atomic mass is 9.98. The Morgan fingerprint density at radius 3 is 2.64 bits per heavy atom. The molecule has 3 heterocycles. The predicted octanol–water partition coefficient (Wildman–Crippen LogP) is 2.65. The number of anilines is 1. The molecule has 148 valence electrons. The Hall–Kier alpha value is -2.71. The highest BCUT2D eigenvalue weighted by Crippen LogP contribution is 2.23. The van der Waals surface area contributed by atoms with Gasteiger partial charge in [0.2, 0.25) is 5.95 Å². The lowest BCUT2D eigenvalue weighted by Gasteiger charge is -2.19. The fourth-order valence-corrected chi connectivity index (χ4v) is 3.25. The van der Waals surface area contributed by atoms with Crippen molar-refractivity contribution in [3.63, 3.8) is 0 Å². The second kappa shape index (κ2) is 8.53. The molecule has 0 radical (unpaired) electrons. The summed E-state index contributed by atoms with van der Waals surface area (Å²) >= 11 is 0. The zero-order chi connectivity index (χ0) is 18.8. The molecule has 1 aromatic carbocycles. The van der Waals surface area contributed by atoms with E-state index < -0.39 is 0 Å². The molecule has 2 aromatic heterocycles. The summed E-state index contributed by atoms with van der Waals surface area (Å²) in [5.41, 5.74) is 3.26. The van der Waals surface area contributed by atoms with Crippen molar-refractivity contribution in [1.29, 1.82) is 0 Å². The first kappa shape index (κ1) is 20.0. The quantitative estimate of drug-likeness (QED) is 0.624. The van der Waals surface area contributed by atoms with Gasteiger partial charge in [-0.25, -0.2) is 4.68 Å². The van der Waals surface area contributed by atoms with Crippen molar-refractivity contribution >= 4 is 24.3 Å². The molecule has 0 saturated carbocycles. The van der Waals surface area contributed by atoms with E-state index in [0.29, 0.717) is 17.6 Å². The van der Waals surface area contributed by atoms with Gasteiger partial charge in [0.15, 0.2) is 5.82 Å². The van der Waals surface area contributed by atoms with Gasteiger partial charge in [-0.1, -0.05) is 29.8 Å².